The van der Waals surface area contributed by atoms with E-state index in [4.69, 9.17) is 14.5 Å². The monoisotopic (exact) mass is 557 g/mol. The fourth-order valence-corrected chi connectivity index (χ4v) is 5.57. The molecule has 2 aliphatic rings. The highest BCUT2D eigenvalue weighted by molar-refractivity contribution is 5.85. The number of piperazine rings is 1. The van der Waals surface area contributed by atoms with Crippen LogP contribution >= 0.6 is 0 Å². The lowest BCUT2D eigenvalue weighted by Crippen LogP contribution is -2.50. The van der Waals surface area contributed by atoms with Gasteiger partial charge in [0.25, 0.3) is 0 Å². The van der Waals surface area contributed by atoms with Gasteiger partial charge in [-0.15, -0.1) is 6.58 Å². The molecule has 2 saturated heterocycles. The molecule has 1 atom stereocenters. The van der Waals surface area contributed by atoms with Crippen molar-refractivity contribution < 1.29 is 14.3 Å². The molecule has 41 heavy (non-hydrogen) atoms. The Morgan fingerprint density at radius 2 is 1.98 bits per heavy atom. The highest BCUT2D eigenvalue weighted by Gasteiger charge is 2.25. The number of piperidine rings is 1. The van der Waals surface area contributed by atoms with E-state index in [9.17, 15) is 10.1 Å². The van der Waals surface area contributed by atoms with Crippen LogP contribution in [0, 0.1) is 23.2 Å². The number of hydrogen-bond donors (Lipinski definition) is 0. The van der Waals surface area contributed by atoms with Crippen LogP contribution in [0.4, 0.5) is 5.82 Å². The first kappa shape index (κ1) is 28.6. The summed E-state index contributed by atoms with van der Waals surface area (Å²) in [5.41, 5.74) is 3.00. The lowest BCUT2D eigenvalue weighted by atomic mass is 9.98. The minimum Gasteiger partial charge on any atom is -0.492 e. The minimum atomic E-state index is -0.170. The van der Waals surface area contributed by atoms with Gasteiger partial charge in [0.1, 0.15) is 17.6 Å². The van der Waals surface area contributed by atoms with Gasteiger partial charge >= 0.3 is 0 Å². The van der Waals surface area contributed by atoms with Crippen molar-refractivity contribution in [2.45, 2.75) is 19.8 Å². The SMILES string of the molecule is C=CC(C)C(=O)N1CCN(c2ccc(-c3cc(OCC4CCN(CCOC)CC4)cn4ncc(C#N)c34)cn2)CC1. The first-order valence-electron chi connectivity index (χ1n) is 14.4. The maximum atomic E-state index is 12.5. The predicted octanol–water partition coefficient (Wildman–Crippen LogP) is 3.48. The van der Waals surface area contributed by atoms with Crippen molar-refractivity contribution in [1.29, 1.82) is 5.26 Å². The predicted molar refractivity (Wildman–Crippen MR) is 158 cm³/mol. The summed E-state index contributed by atoms with van der Waals surface area (Å²) < 4.78 is 13.2. The lowest BCUT2D eigenvalue weighted by Gasteiger charge is -2.36. The molecular weight excluding hydrogens is 518 g/mol. The van der Waals surface area contributed by atoms with Crippen LogP contribution in [0.3, 0.4) is 0 Å². The summed E-state index contributed by atoms with van der Waals surface area (Å²) in [5, 5.41) is 14.2. The van der Waals surface area contributed by atoms with Crippen LogP contribution in [0.5, 0.6) is 5.75 Å². The smallest absolute Gasteiger partial charge is 0.229 e. The van der Waals surface area contributed by atoms with Gasteiger partial charge in [0.2, 0.25) is 5.91 Å². The Kier molecular flexibility index (Phi) is 9.17. The number of anilines is 1. The third kappa shape index (κ3) is 6.53. The van der Waals surface area contributed by atoms with Crippen LogP contribution in [-0.2, 0) is 9.53 Å². The van der Waals surface area contributed by atoms with E-state index in [2.05, 4.69) is 27.5 Å². The second kappa shape index (κ2) is 13.1. The number of methoxy groups -OCH3 is 1. The van der Waals surface area contributed by atoms with Crippen LogP contribution in [-0.4, -0.2) is 96.4 Å². The van der Waals surface area contributed by atoms with Gasteiger partial charge in [0.05, 0.1) is 42.6 Å². The molecule has 5 heterocycles. The third-order valence-corrected chi connectivity index (χ3v) is 8.23. The average molecular weight is 558 g/mol. The number of fused-ring (bicyclic) bond motifs is 1. The molecule has 0 aliphatic carbocycles. The van der Waals surface area contributed by atoms with Crippen molar-refractivity contribution in [3.8, 4) is 22.9 Å². The summed E-state index contributed by atoms with van der Waals surface area (Å²) in [6.07, 6.45) is 9.17. The van der Waals surface area contributed by atoms with E-state index in [0.717, 1.165) is 80.4 Å². The molecule has 3 aromatic rings. The van der Waals surface area contributed by atoms with Crippen molar-refractivity contribution in [2.75, 3.05) is 71.0 Å². The zero-order valence-corrected chi connectivity index (χ0v) is 24.0. The highest BCUT2D eigenvalue weighted by atomic mass is 16.5. The zero-order valence-electron chi connectivity index (χ0n) is 24.0. The molecule has 0 bridgehead atoms. The van der Waals surface area contributed by atoms with Crippen molar-refractivity contribution in [3.63, 3.8) is 0 Å². The number of nitriles is 1. The number of amides is 1. The van der Waals surface area contributed by atoms with E-state index < -0.39 is 0 Å². The summed E-state index contributed by atoms with van der Waals surface area (Å²) >= 11 is 0. The summed E-state index contributed by atoms with van der Waals surface area (Å²) in [6.45, 7) is 12.9. The summed E-state index contributed by atoms with van der Waals surface area (Å²) in [6, 6.07) is 8.29. The largest absolute Gasteiger partial charge is 0.492 e. The van der Waals surface area contributed by atoms with Gasteiger partial charge in [-0.1, -0.05) is 13.0 Å². The molecule has 0 radical (unpaired) electrons. The maximum absolute atomic E-state index is 12.5. The Morgan fingerprint density at radius 3 is 2.63 bits per heavy atom. The van der Waals surface area contributed by atoms with E-state index in [-0.39, 0.29) is 11.8 Å². The van der Waals surface area contributed by atoms with Crippen LogP contribution < -0.4 is 9.64 Å². The Hall–Kier alpha value is -3.94. The number of likely N-dealkylation sites (tertiary alicyclic amines) is 1. The van der Waals surface area contributed by atoms with Crippen molar-refractivity contribution in [1.82, 2.24) is 24.4 Å². The molecule has 2 aliphatic heterocycles. The molecule has 0 aromatic carbocycles. The first-order valence-corrected chi connectivity index (χ1v) is 14.4. The molecule has 10 nitrogen and oxygen atoms in total. The fraction of sp³-hybridized carbons (Fsp3) is 0.484. The molecule has 216 valence electrons. The van der Waals surface area contributed by atoms with Gasteiger partial charge in [-0.25, -0.2) is 9.50 Å². The van der Waals surface area contributed by atoms with E-state index in [1.165, 1.54) is 0 Å². The number of hydrogen-bond acceptors (Lipinski definition) is 8. The minimum absolute atomic E-state index is 0.121. The number of carbonyl (C=O) groups is 1. The van der Waals surface area contributed by atoms with Crippen LogP contribution in [0.25, 0.3) is 16.6 Å². The summed E-state index contributed by atoms with van der Waals surface area (Å²) in [5.74, 6) is 2.04. The zero-order chi connectivity index (χ0) is 28.8. The standard InChI is InChI=1S/C31H39N7O3/c1-4-23(2)31(39)37-13-11-36(12-14-37)29-6-5-25(19-33-29)28-17-27(21-38-30(28)26(18-32)20-34-38)41-22-24-7-9-35(10-8-24)15-16-40-3/h4-6,17,19-21,23-24H,1,7-16,22H2,2-3H3. The second-order valence-corrected chi connectivity index (χ2v) is 10.9. The average Bonchev–Trinajstić information content (AvgIpc) is 3.45. The Bertz CT molecular complexity index is 1380. The van der Waals surface area contributed by atoms with Crippen LogP contribution in [0.15, 0.2) is 49.4 Å². The quantitative estimate of drug-likeness (QED) is 0.350. The Labute approximate surface area is 241 Å². The fourth-order valence-electron chi connectivity index (χ4n) is 5.57. The van der Waals surface area contributed by atoms with Gasteiger partial charge < -0.3 is 24.2 Å². The highest BCUT2D eigenvalue weighted by Crippen LogP contribution is 2.32. The molecule has 0 spiro atoms. The number of carbonyl (C=O) groups excluding carboxylic acids is 1. The number of ether oxygens (including phenoxy) is 2. The molecule has 1 amide bonds. The van der Waals surface area contributed by atoms with Gasteiger partial charge in [-0.3, -0.25) is 4.79 Å². The Morgan fingerprint density at radius 1 is 1.20 bits per heavy atom. The van der Waals surface area contributed by atoms with Crippen molar-refractivity contribution in [3.05, 3.63) is 55.0 Å². The van der Waals surface area contributed by atoms with E-state index in [1.54, 1.807) is 23.9 Å². The van der Waals surface area contributed by atoms with Gasteiger partial charge in [-0.2, -0.15) is 10.4 Å². The van der Waals surface area contributed by atoms with Gasteiger partial charge in [0.15, 0.2) is 0 Å². The Balaban J connectivity index is 1.28. The van der Waals surface area contributed by atoms with Gasteiger partial charge in [-0.05, 0) is 50.0 Å². The van der Waals surface area contributed by atoms with E-state index in [0.29, 0.717) is 31.2 Å². The van der Waals surface area contributed by atoms with Crippen molar-refractivity contribution in [2.24, 2.45) is 11.8 Å². The third-order valence-electron chi connectivity index (χ3n) is 8.23. The molecular formula is C31H39N7O3. The van der Waals surface area contributed by atoms with Gasteiger partial charge in [0, 0.05) is 57.2 Å². The molecule has 1 unspecified atom stereocenters. The van der Waals surface area contributed by atoms with E-state index in [1.807, 2.05) is 42.4 Å². The summed E-state index contributed by atoms with van der Waals surface area (Å²) in [7, 11) is 1.74. The van der Waals surface area contributed by atoms with Crippen molar-refractivity contribution >= 4 is 17.2 Å². The lowest BCUT2D eigenvalue weighted by molar-refractivity contribution is -0.133. The number of pyridine rings is 2. The topological polar surface area (TPSA) is 99.2 Å². The number of nitrogens with zero attached hydrogens (tertiary/aromatic N) is 7. The summed E-state index contributed by atoms with van der Waals surface area (Å²) in [4.78, 5) is 23.8. The normalized spacial score (nSPS) is 17.4. The van der Waals surface area contributed by atoms with Crippen LogP contribution in [0.2, 0.25) is 0 Å². The maximum Gasteiger partial charge on any atom is 0.229 e. The molecule has 5 rings (SSSR count). The molecule has 3 aromatic heterocycles. The molecule has 0 saturated carbocycles. The molecule has 2 fully saturated rings. The first-order chi connectivity index (χ1) is 20.0. The molecule has 0 N–H and O–H groups in total. The van der Waals surface area contributed by atoms with E-state index >= 15 is 0 Å². The number of rotatable bonds is 10. The number of aromatic nitrogens is 3. The van der Waals surface area contributed by atoms with Crippen LogP contribution in [0.1, 0.15) is 25.3 Å². The molecule has 10 heteroatoms. The second-order valence-electron chi connectivity index (χ2n) is 10.9.